The van der Waals surface area contributed by atoms with Crippen molar-refractivity contribution >= 4 is 17.2 Å². The Hall–Kier alpha value is -2.40. The highest BCUT2D eigenvalue weighted by Crippen LogP contribution is 2.16. The summed E-state index contributed by atoms with van der Waals surface area (Å²) in [6.45, 7) is 2.55. The third-order valence-corrected chi connectivity index (χ3v) is 4.35. The molecule has 1 N–H and O–H groups in total. The zero-order valence-electron chi connectivity index (χ0n) is 12.3. The van der Waals surface area contributed by atoms with Gasteiger partial charge in [0, 0.05) is 28.7 Å². The minimum atomic E-state index is 0.0390. The molecule has 0 saturated heterocycles. The summed E-state index contributed by atoms with van der Waals surface area (Å²) in [6, 6.07) is 13.9. The Kier molecular flexibility index (Phi) is 4.34. The van der Waals surface area contributed by atoms with Crippen molar-refractivity contribution in [2.24, 2.45) is 0 Å². The number of hydrogen-bond acceptors (Lipinski definition) is 3. The van der Waals surface area contributed by atoms with Gasteiger partial charge in [-0.3, -0.25) is 4.79 Å². The number of nitrogens with one attached hydrogen (secondary N) is 1. The number of aryl methyl sites for hydroxylation is 1. The Morgan fingerprint density at radius 1 is 1.23 bits per heavy atom. The van der Waals surface area contributed by atoms with E-state index in [9.17, 15) is 4.79 Å². The summed E-state index contributed by atoms with van der Waals surface area (Å²) in [5.74, 6) is 0.0390. The second-order valence-electron chi connectivity index (χ2n) is 5.05. The van der Waals surface area contributed by atoms with E-state index in [1.165, 1.54) is 4.88 Å². The van der Waals surface area contributed by atoms with Crippen molar-refractivity contribution in [2.45, 2.75) is 19.9 Å². The molecule has 1 amide bonds. The first-order chi connectivity index (χ1) is 10.7. The molecule has 0 aliphatic heterocycles. The zero-order valence-corrected chi connectivity index (χ0v) is 13.1. The average Bonchev–Trinajstić information content (AvgIpc) is 3.17. The van der Waals surface area contributed by atoms with Crippen LogP contribution in [0.5, 0.6) is 0 Å². The first kappa shape index (κ1) is 14.5. The molecule has 2 heterocycles. The van der Waals surface area contributed by atoms with Gasteiger partial charge in [-0.05, 0) is 36.8 Å². The van der Waals surface area contributed by atoms with Gasteiger partial charge in [-0.25, -0.2) is 4.68 Å². The molecule has 0 aliphatic rings. The van der Waals surface area contributed by atoms with Gasteiger partial charge < -0.3 is 5.32 Å². The van der Waals surface area contributed by atoms with Crippen LogP contribution in [0, 0.1) is 6.92 Å². The molecule has 0 unspecified atom stereocenters. The number of hydrogen-bond donors (Lipinski definition) is 1. The van der Waals surface area contributed by atoms with Crippen LogP contribution in [0.4, 0.5) is 0 Å². The molecule has 22 heavy (non-hydrogen) atoms. The second kappa shape index (κ2) is 6.58. The first-order valence-electron chi connectivity index (χ1n) is 7.12. The number of benzene rings is 1. The van der Waals surface area contributed by atoms with Crippen LogP contribution in [0.1, 0.15) is 15.3 Å². The molecule has 0 bridgehead atoms. The largest absolute Gasteiger partial charge is 0.352 e. The molecular weight excluding hydrogens is 294 g/mol. The van der Waals surface area contributed by atoms with Gasteiger partial charge in [0.25, 0.3) is 0 Å². The third-order valence-electron chi connectivity index (χ3n) is 3.35. The molecule has 112 valence electrons. The number of carbonyl (C=O) groups excluding carboxylic acids is 1. The molecule has 0 spiro atoms. The highest BCUT2D eigenvalue weighted by molar-refractivity contribution is 7.12. The SMILES string of the molecule is Cc1ccc(CC(=O)NCc2ccccc2-n2cccn2)s1. The predicted octanol–water partition coefficient (Wildman–Crippen LogP) is 3.10. The maximum absolute atomic E-state index is 12.1. The van der Waals surface area contributed by atoms with Crippen molar-refractivity contribution in [3.63, 3.8) is 0 Å². The van der Waals surface area contributed by atoms with Crippen molar-refractivity contribution in [1.82, 2.24) is 15.1 Å². The highest BCUT2D eigenvalue weighted by atomic mass is 32.1. The van der Waals surface area contributed by atoms with Crippen LogP contribution in [0.2, 0.25) is 0 Å². The Labute approximate surface area is 133 Å². The minimum absolute atomic E-state index is 0.0390. The number of rotatable bonds is 5. The molecule has 0 atom stereocenters. The van der Waals surface area contributed by atoms with Crippen molar-refractivity contribution in [1.29, 1.82) is 0 Å². The predicted molar refractivity (Wildman–Crippen MR) is 88.2 cm³/mol. The van der Waals surface area contributed by atoms with Gasteiger partial charge in [0.05, 0.1) is 12.1 Å². The fourth-order valence-electron chi connectivity index (χ4n) is 2.29. The number of thiophene rings is 1. The number of carbonyl (C=O) groups is 1. The zero-order chi connectivity index (χ0) is 15.4. The Balaban J connectivity index is 1.65. The summed E-state index contributed by atoms with van der Waals surface area (Å²) in [4.78, 5) is 14.4. The van der Waals surface area contributed by atoms with Crippen LogP contribution >= 0.6 is 11.3 Å². The maximum Gasteiger partial charge on any atom is 0.225 e. The van der Waals surface area contributed by atoms with Gasteiger partial charge in [-0.15, -0.1) is 11.3 Å². The van der Waals surface area contributed by atoms with Crippen molar-refractivity contribution < 1.29 is 4.79 Å². The standard InChI is InChI=1S/C17H17N3OS/c1-13-7-8-15(22-13)11-17(21)18-12-14-5-2-3-6-16(14)20-10-4-9-19-20/h2-10H,11-12H2,1H3,(H,18,21). The van der Waals surface area contributed by atoms with Gasteiger partial charge >= 0.3 is 0 Å². The minimum Gasteiger partial charge on any atom is -0.352 e. The van der Waals surface area contributed by atoms with E-state index < -0.39 is 0 Å². The summed E-state index contributed by atoms with van der Waals surface area (Å²) >= 11 is 1.66. The monoisotopic (exact) mass is 311 g/mol. The molecule has 0 radical (unpaired) electrons. The van der Waals surface area contributed by atoms with E-state index in [0.717, 1.165) is 16.1 Å². The lowest BCUT2D eigenvalue weighted by molar-refractivity contribution is -0.120. The maximum atomic E-state index is 12.1. The van der Waals surface area contributed by atoms with E-state index in [2.05, 4.69) is 10.4 Å². The number of para-hydroxylation sites is 1. The van der Waals surface area contributed by atoms with Gasteiger partial charge in [-0.2, -0.15) is 5.10 Å². The molecule has 2 aromatic heterocycles. The number of amides is 1. The topological polar surface area (TPSA) is 46.9 Å². The van der Waals surface area contributed by atoms with Gasteiger partial charge in [0.2, 0.25) is 5.91 Å². The van der Waals surface area contributed by atoms with E-state index >= 15 is 0 Å². The molecule has 0 fully saturated rings. The van der Waals surface area contributed by atoms with Crippen molar-refractivity contribution in [3.05, 3.63) is 70.2 Å². The molecular formula is C17H17N3OS. The van der Waals surface area contributed by atoms with Crippen LogP contribution in [-0.4, -0.2) is 15.7 Å². The molecule has 3 rings (SSSR count). The highest BCUT2D eigenvalue weighted by Gasteiger charge is 2.08. The van der Waals surface area contributed by atoms with E-state index in [1.807, 2.05) is 60.3 Å². The molecule has 0 saturated carbocycles. The molecule has 5 heteroatoms. The lowest BCUT2D eigenvalue weighted by Gasteiger charge is -2.10. The summed E-state index contributed by atoms with van der Waals surface area (Å²) in [7, 11) is 0. The van der Waals surface area contributed by atoms with E-state index in [4.69, 9.17) is 0 Å². The number of aromatic nitrogens is 2. The second-order valence-corrected chi connectivity index (χ2v) is 6.42. The quantitative estimate of drug-likeness (QED) is 0.787. The van der Waals surface area contributed by atoms with Gasteiger partial charge in [0.1, 0.15) is 0 Å². The molecule has 0 aliphatic carbocycles. The molecule has 4 nitrogen and oxygen atoms in total. The van der Waals surface area contributed by atoms with E-state index in [-0.39, 0.29) is 5.91 Å². The van der Waals surface area contributed by atoms with Crippen LogP contribution in [0.15, 0.2) is 54.9 Å². The first-order valence-corrected chi connectivity index (χ1v) is 7.94. The Morgan fingerprint density at radius 2 is 2.09 bits per heavy atom. The average molecular weight is 311 g/mol. The summed E-state index contributed by atoms with van der Waals surface area (Å²) in [5.41, 5.74) is 2.03. The Bertz CT molecular complexity index is 762. The fourth-order valence-corrected chi connectivity index (χ4v) is 3.18. The smallest absolute Gasteiger partial charge is 0.225 e. The number of nitrogens with zero attached hydrogens (tertiary/aromatic N) is 2. The van der Waals surface area contributed by atoms with Crippen LogP contribution < -0.4 is 5.32 Å². The van der Waals surface area contributed by atoms with E-state index in [1.54, 1.807) is 17.5 Å². The van der Waals surface area contributed by atoms with Crippen LogP contribution in [0.3, 0.4) is 0 Å². The van der Waals surface area contributed by atoms with Crippen molar-refractivity contribution in [3.8, 4) is 5.69 Å². The normalized spacial score (nSPS) is 10.6. The summed E-state index contributed by atoms with van der Waals surface area (Å²) < 4.78 is 1.81. The van der Waals surface area contributed by atoms with Gasteiger partial charge in [0.15, 0.2) is 0 Å². The van der Waals surface area contributed by atoms with Crippen LogP contribution in [0.25, 0.3) is 5.69 Å². The van der Waals surface area contributed by atoms with Crippen LogP contribution in [-0.2, 0) is 17.8 Å². The molecule has 1 aromatic carbocycles. The molecule has 3 aromatic rings. The van der Waals surface area contributed by atoms with Gasteiger partial charge in [-0.1, -0.05) is 18.2 Å². The fraction of sp³-hybridized carbons (Fsp3) is 0.176. The third kappa shape index (κ3) is 3.43. The summed E-state index contributed by atoms with van der Waals surface area (Å²) in [6.07, 6.45) is 4.08. The lowest BCUT2D eigenvalue weighted by atomic mass is 10.1. The summed E-state index contributed by atoms with van der Waals surface area (Å²) in [5, 5.41) is 7.24. The van der Waals surface area contributed by atoms with E-state index in [0.29, 0.717) is 13.0 Å². The lowest BCUT2D eigenvalue weighted by Crippen LogP contribution is -2.24. The van der Waals surface area contributed by atoms with Crippen molar-refractivity contribution in [2.75, 3.05) is 0 Å². The Morgan fingerprint density at radius 3 is 2.82 bits per heavy atom.